The van der Waals surface area contributed by atoms with Crippen LogP contribution in [0, 0.1) is 13.8 Å². The number of benzene rings is 1. The van der Waals surface area contributed by atoms with Crippen molar-refractivity contribution in [1.82, 2.24) is 14.9 Å². The van der Waals surface area contributed by atoms with E-state index in [0.717, 1.165) is 18.7 Å². The lowest BCUT2D eigenvalue weighted by atomic mass is 10.1. The molecule has 0 aliphatic rings. The van der Waals surface area contributed by atoms with Gasteiger partial charge in [-0.3, -0.25) is 0 Å². The summed E-state index contributed by atoms with van der Waals surface area (Å²) in [7, 11) is 0. The zero-order valence-electron chi connectivity index (χ0n) is 11.9. The SMILES string of the molecule is Cc1ccc(NC(=O)NCCCn2ccnc2)cc1C. The molecule has 106 valence electrons. The Bertz CT molecular complexity index is 563. The summed E-state index contributed by atoms with van der Waals surface area (Å²) in [6, 6.07) is 5.72. The van der Waals surface area contributed by atoms with E-state index in [1.54, 1.807) is 12.5 Å². The summed E-state index contributed by atoms with van der Waals surface area (Å²) in [6.07, 6.45) is 6.31. The lowest BCUT2D eigenvalue weighted by Crippen LogP contribution is -2.30. The molecule has 0 saturated carbocycles. The average molecular weight is 272 g/mol. The Morgan fingerprint density at radius 1 is 1.30 bits per heavy atom. The Morgan fingerprint density at radius 3 is 2.85 bits per heavy atom. The summed E-state index contributed by atoms with van der Waals surface area (Å²) >= 11 is 0. The summed E-state index contributed by atoms with van der Waals surface area (Å²) < 4.78 is 1.99. The van der Waals surface area contributed by atoms with Gasteiger partial charge in [0.15, 0.2) is 0 Å². The first-order valence-electron chi connectivity index (χ1n) is 6.73. The van der Waals surface area contributed by atoms with Gasteiger partial charge in [-0.25, -0.2) is 9.78 Å². The monoisotopic (exact) mass is 272 g/mol. The van der Waals surface area contributed by atoms with Crippen LogP contribution in [0.15, 0.2) is 36.9 Å². The zero-order valence-corrected chi connectivity index (χ0v) is 11.9. The fourth-order valence-electron chi connectivity index (χ4n) is 1.88. The number of imidazole rings is 1. The Labute approximate surface area is 119 Å². The molecule has 0 unspecified atom stereocenters. The first-order chi connectivity index (χ1) is 9.65. The summed E-state index contributed by atoms with van der Waals surface area (Å²) in [5.41, 5.74) is 3.21. The van der Waals surface area contributed by atoms with Crippen LogP contribution in [0.3, 0.4) is 0 Å². The third-order valence-electron chi connectivity index (χ3n) is 3.20. The molecule has 0 aliphatic heterocycles. The number of amides is 2. The minimum Gasteiger partial charge on any atom is -0.338 e. The van der Waals surface area contributed by atoms with Crippen LogP contribution in [0.1, 0.15) is 17.5 Å². The number of urea groups is 1. The van der Waals surface area contributed by atoms with Crippen molar-refractivity contribution in [3.63, 3.8) is 0 Å². The van der Waals surface area contributed by atoms with Crippen molar-refractivity contribution in [2.45, 2.75) is 26.8 Å². The molecule has 2 N–H and O–H groups in total. The van der Waals surface area contributed by atoms with E-state index in [-0.39, 0.29) is 6.03 Å². The van der Waals surface area contributed by atoms with E-state index >= 15 is 0 Å². The Kier molecular flexibility index (Phi) is 4.76. The molecule has 0 atom stereocenters. The number of rotatable bonds is 5. The fourth-order valence-corrected chi connectivity index (χ4v) is 1.88. The molecule has 2 rings (SSSR count). The van der Waals surface area contributed by atoms with E-state index in [1.165, 1.54) is 11.1 Å². The highest BCUT2D eigenvalue weighted by Crippen LogP contribution is 2.13. The minimum atomic E-state index is -0.168. The number of carbonyl (C=O) groups excluding carboxylic acids is 1. The maximum atomic E-state index is 11.7. The van der Waals surface area contributed by atoms with Crippen LogP contribution in [0.5, 0.6) is 0 Å². The standard InChI is InChI=1S/C15H20N4O/c1-12-4-5-14(10-13(12)2)18-15(20)17-6-3-8-19-9-7-16-11-19/h4-5,7,9-11H,3,6,8H2,1-2H3,(H2,17,18,20). The summed E-state index contributed by atoms with van der Waals surface area (Å²) in [6.45, 7) is 5.57. The van der Waals surface area contributed by atoms with Gasteiger partial charge in [-0.1, -0.05) is 6.07 Å². The quantitative estimate of drug-likeness (QED) is 0.822. The Morgan fingerprint density at radius 2 is 2.15 bits per heavy atom. The van der Waals surface area contributed by atoms with Crippen molar-refractivity contribution in [2.24, 2.45) is 0 Å². The highest BCUT2D eigenvalue weighted by Gasteiger charge is 2.02. The molecule has 2 amide bonds. The third kappa shape index (κ3) is 4.12. The van der Waals surface area contributed by atoms with Crippen molar-refractivity contribution < 1.29 is 4.79 Å². The van der Waals surface area contributed by atoms with Crippen LogP contribution < -0.4 is 10.6 Å². The third-order valence-corrected chi connectivity index (χ3v) is 3.20. The number of anilines is 1. The van der Waals surface area contributed by atoms with Gasteiger partial charge in [-0.2, -0.15) is 0 Å². The molecule has 0 bridgehead atoms. The van der Waals surface area contributed by atoms with Gasteiger partial charge in [0.05, 0.1) is 6.33 Å². The lowest BCUT2D eigenvalue weighted by Gasteiger charge is -2.09. The van der Waals surface area contributed by atoms with Gasteiger partial charge in [0, 0.05) is 31.2 Å². The van der Waals surface area contributed by atoms with E-state index in [2.05, 4.69) is 22.5 Å². The first kappa shape index (κ1) is 14.1. The molecular weight excluding hydrogens is 252 g/mol. The summed E-state index contributed by atoms with van der Waals surface area (Å²) in [4.78, 5) is 15.7. The number of hydrogen-bond donors (Lipinski definition) is 2. The van der Waals surface area contributed by atoms with Crippen LogP contribution in [0.25, 0.3) is 0 Å². The second-order valence-electron chi connectivity index (χ2n) is 4.83. The van der Waals surface area contributed by atoms with Crippen molar-refractivity contribution in [2.75, 3.05) is 11.9 Å². The molecule has 0 aliphatic carbocycles. The molecule has 1 aromatic carbocycles. The van der Waals surface area contributed by atoms with Gasteiger partial charge < -0.3 is 15.2 Å². The Hall–Kier alpha value is -2.30. The predicted octanol–water partition coefficient (Wildman–Crippen LogP) is 2.71. The number of nitrogens with one attached hydrogen (secondary N) is 2. The number of aromatic nitrogens is 2. The van der Waals surface area contributed by atoms with Gasteiger partial charge in [-0.05, 0) is 43.5 Å². The van der Waals surface area contributed by atoms with Gasteiger partial charge in [0.1, 0.15) is 0 Å². The number of carbonyl (C=O) groups is 1. The normalized spacial score (nSPS) is 10.3. The van der Waals surface area contributed by atoms with Gasteiger partial charge >= 0.3 is 6.03 Å². The molecule has 0 spiro atoms. The molecule has 0 radical (unpaired) electrons. The predicted molar refractivity (Wildman–Crippen MR) is 79.8 cm³/mol. The minimum absolute atomic E-state index is 0.168. The largest absolute Gasteiger partial charge is 0.338 e. The average Bonchev–Trinajstić information content (AvgIpc) is 2.92. The summed E-state index contributed by atoms with van der Waals surface area (Å²) in [5, 5.41) is 5.68. The molecule has 2 aromatic rings. The van der Waals surface area contributed by atoms with Crippen LogP contribution in [0.2, 0.25) is 0 Å². The summed E-state index contributed by atoms with van der Waals surface area (Å²) in [5.74, 6) is 0. The van der Waals surface area contributed by atoms with Crippen molar-refractivity contribution in [3.05, 3.63) is 48.0 Å². The van der Waals surface area contributed by atoms with E-state index < -0.39 is 0 Å². The van der Waals surface area contributed by atoms with E-state index in [4.69, 9.17) is 0 Å². The van der Waals surface area contributed by atoms with Crippen LogP contribution in [-0.2, 0) is 6.54 Å². The van der Waals surface area contributed by atoms with Crippen LogP contribution >= 0.6 is 0 Å². The van der Waals surface area contributed by atoms with E-state index in [1.807, 2.05) is 35.9 Å². The number of nitrogens with zero attached hydrogens (tertiary/aromatic N) is 2. The van der Waals surface area contributed by atoms with Crippen LogP contribution in [0.4, 0.5) is 10.5 Å². The first-order valence-corrected chi connectivity index (χ1v) is 6.73. The molecule has 1 heterocycles. The number of aryl methyl sites for hydroxylation is 3. The molecule has 0 fully saturated rings. The molecule has 20 heavy (non-hydrogen) atoms. The number of hydrogen-bond acceptors (Lipinski definition) is 2. The molecule has 0 saturated heterocycles. The van der Waals surface area contributed by atoms with Gasteiger partial charge in [-0.15, -0.1) is 0 Å². The van der Waals surface area contributed by atoms with Gasteiger partial charge in [0.2, 0.25) is 0 Å². The second kappa shape index (κ2) is 6.75. The van der Waals surface area contributed by atoms with E-state index in [9.17, 15) is 4.79 Å². The highest BCUT2D eigenvalue weighted by molar-refractivity contribution is 5.89. The topological polar surface area (TPSA) is 59.0 Å². The molecule has 5 nitrogen and oxygen atoms in total. The smallest absolute Gasteiger partial charge is 0.319 e. The zero-order chi connectivity index (χ0) is 14.4. The van der Waals surface area contributed by atoms with Crippen molar-refractivity contribution >= 4 is 11.7 Å². The molecule has 5 heteroatoms. The van der Waals surface area contributed by atoms with Crippen molar-refractivity contribution in [3.8, 4) is 0 Å². The van der Waals surface area contributed by atoms with Gasteiger partial charge in [0.25, 0.3) is 0 Å². The molecular formula is C15H20N4O. The lowest BCUT2D eigenvalue weighted by molar-refractivity contribution is 0.252. The van der Waals surface area contributed by atoms with Crippen molar-refractivity contribution in [1.29, 1.82) is 0 Å². The van der Waals surface area contributed by atoms with Crippen LogP contribution in [-0.4, -0.2) is 22.1 Å². The maximum absolute atomic E-state index is 11.7. The Balaban J connectivity index is 1.71. The fraction of sp³-hybridized carbons (Fsp3) is 0.333. The maximum Gasteiger partial charge on any atom is 0.319 e. The van der Waals surface area contributed by atoms with E-state index in [0.29, 0.717) is 6.54 Å². The molecule has 1 aromatic heterocycles. The highest BCUT2D eigenvalue weighted by atomic mass is 16.2. The second-order valence-corrected chi connectivity index (χ2v) is 4.83.